The van der Waals surface area contributed by atoms with E-state index in [1.165, 1.54) is 0 Å². The van der Waals surface area contributed by atoms with Crippen LogP contribution in [0, 0.1) is 0 Å². The predicted octanol–water partition coefficient (Wildman–Crippen LogP) is 4.20. The SMILES string of the molecule is OC(CF)(c1ccc(Cl)cc1)c1ccc(Cl)cc1. The number of hydrogen-bond acceptors (Lipinski definition) is 1. The van der Waals surface area contributed by atoms with Crippen LogP contribution < -0.4 is 0 Å². The van der Waals surface area contributed by atoms with Crippen molar-refractivity contribution in [2.24, 2.45) is 0 Å². The maximum atomic E-state index is 13.3. The molecule has 2 aromatic carbocycles. The van der Waals surface area contributed by atoms with Crippen LogP contribution in [0.1, 0.15) is 11.1 Å². The number of halogens is 3. The molecule has 0 amide bonds. The number of benzene rings is 2. The average Bonchev–Trinajstić information content (AvgIpc) is 2.39. The molecular formula is C14H11Cl2FO. The Hall–Kier alpha value is -1.09. The first-order valence-electron chi connectivity index (χ1n) is 5.37. The van der Waals surface area contributed by atoms with Crippen molar-refractivity contribution in [2.75, 3.05) is 6.67 Å². The van der Waals surface area contributed by atoms with Gasteiger partial charge in [-0.25, -0.2) is 4.39 Å². The fourth-order valence-corrected chi connectivity index (χ4v) is 2.02. The molecule has 0 heterocycles. The van der Waals surface area contributed by atoms with E-state index >= 15 is 0 Å². The Balaban J connectivity index is 2.47. The van der Waals surface area contributed by atoms with Gasteiger partial charge in [-0.05, 0) is 35.4 Å². The summed E-state index contributed by atoms with van der Waals surface area (Å²) in [6.07, 6.45) is 0. The van der Waals surface area contributed by atoms with Crippen molar-refractivity contribution in [3.63, 3.8) is 0 Å². The smallest absolute Gasteiger partial charge is 0.143 e. The molecule has 94 valence electrons. The van der Waals surface area contributed by atoms with Gasteiger partial charge in [-0.3, -0.25) is 0 Å². The molecule has 0 aliphatic carbocycles. The van der Waals surface area contributed by atoms with Crippen LogP contribution >= 0.6 is 23.2 Å². The Bertz CT molecular complexity index is 477. The molecule has 1 nitrogen and oxygen atoms in total. The molecule has 0 fully saturated rings. The molecule has 0 atom stereocenters. The third-order valence-electron chi connectivity index (χ3n) is 2.84. The van der Waals surface area contributed by atoms with Gasteiger partial charge in [-0.1, -0.05) is 47.5 Å². The average molecular weight is 285 g/mol. The van der Waals surface area contributed by atoms with Crippen LogP contribution in [0.5, 0.6) is 0 Å². The fraction of sp³-hybridized carbons (Fsp3) is 0.143. The van der Waals surface area contributed by atoms with E-state index in [1.807, 2.05) is 0 Å². The minimum absolute atomic E-state index is 0.455. The van der Waals surface area contributed by atoms with Gasteiger partial charge in [-0.15, -0.1) is 0 Å². The van der Waals surface area contributed by atoms with Crippen molar-refractivity contribution in [3.8, 4) is 0 Å². The highest BCUT2D eigenvalue weighted by molar-refractivity contribution is 6.30. The lowest BCUT2D eigenvalue weighted by Gasteiger charge is -2.26. The van der Waals surface area contributed by atoms with Gasteiger partial charge in [-0.2, -0.15) is 0 Å². The Morgan fingerprint density at radius 2 is 1.17 bits per heavy atom. The second-order valence-corrected chi connectivity index (χ2v) is 4.88. The molecule has 4 heteroatoms. The molecule has 2 rings (SSSR count). The largest absolute Gasteiger partial charge is 0.378 e. The zero-order chi connectivity index (χ0) is 13.2. The highest BCUT2D eigenvalue weighted by Gasteiger charge is 2.31. The summed E-state index contributed by atoms with van der Waals surface area (Å²) in [6, 6.07) is 12.9. The summed E-state index contributed by atoms with van der Waals surface area (Å²) in [6.45, 7) is -0.920. The molecule has 0 saturated carbocycles. The lowest BCUT2D eigenvalue weighted by molar-refractivity contribution is 0.0518. The van der Waals surface area contributed by atoms with Crippen LogP contribution in [0.3, 0.4) is 0 Å². The molecule has 0 saturated heterocycles. The fourth-order valence-electron chi connectivity index (χ4n) is 1.77. The standard InChI is InChI=1S/C14H11Cl2FO/c15-12-5-1-10(2-6-12)14(18,9-17)11-3-7-13(16)8-4-11/h1-8,18H,9H2. The van der Waals surface area contributed by atoms with E-state index < -0.39 is 12.3 Å². The molecule has 0 aliphatic rings. The zero-order valence-electron chi connectivity index (χ0n) is 9.41. The van der Waals surface area contributed by atoms with E-state index in [-0.39, 0.29) is 0 Å². The van der Waals surface area contributed by atoms with E-state index in [0.717, 1.165) is 0 Å². The van der Waals surface area contributed by atoms with Gasteiger partial charge in [0, 0.05) is 10.0 Å². The van der Waals surface area contributed by atoms with E-state index in [2.05, 4.69) is 0 Å². The summed E-state index contributed by atoms with van der Waals surface area (Å²) < 4.78 is 13.3. The summed E-state index contributed by atoms with van der Waals surface area (Å²) in [4.78, 5) is 0. The monoisotopic (exact) mass is 284 g/mol. The normalized spacial score (nSPS) is 11.6. The number of hydrogen-bond donors (Lipinski definition) is 1. The van der Waals surface area contributed by atoms with Gasteiger partial charge in [0.25, 0.3) is 0 Å². The maximum absolute atomic E-state index is 13.3. The lowest BCUT2D eigenvalue weighted by Crippen LogP contribution is -2.29. The molecule has 1 N–H and O–H groups in total. The van der Waals surface area contributed by atoms with Crippen molar-refractivity contribution >= 4 is 23.2 Å². The Kier molecular flexibility index (Phi) is 3.91. The summed E-state index contributed by atoms with van der Waals surface area (Å²) in [5.74, 6) is 0. The summed E-state index contributed by atoms with van der Waals surface area (Å²) in [5, 5.41) is 11.6. The molecule has 0 aromatic heterocycles. The Morgan fingerprint density at radius 1 is 0.833 bits per heavy atom. The quantitative estimate of drug-likeness (QED) is 0.896. The summed E-state index contributed by atoms with van der Waals surface area (Å²) in [5.41, 5.74) is -0.761. The first kappa shape index (κ1) is 13.3. The molecule has 0 unspecified atom stereocenters. The maximum Gasteiger partial charge on any atom is 0.143 e. The van der Waals surface area contributed by atoms with Crippen LogP contribution in [0.4, 0.5) is 4.39 Å². The predicted molar refractivity (Wildman–Crippen MR) is 71.9 cm³/mol. The molecule has 18 heavy (non-hydrogen) atoms. The van der Waals surface area contributed by atoms with Crippen molar-refractivity contribution < 1.29 is 9.50 Å². The van der Waals surface area contributed by atoms with Gasteiger partial charge in [0.1, 0.15) is 12.3 Å². The highest BCUT2D eigenvalue weighted by Crippen LogP contribution is 2.31. The highest BCUT2D eigenvalue weighted by atomic mass is 35.5. The van der Waals surface area contributed by atoms with E-state index in [9.17, 15) is 9.50 Å². The van der Waals surface area contributed by atoms with E-state index in [0.29, 0.717) is 21.2 Å². The van der Waals surface area contributed by atoms with Gasteiger partial charge < -0.3 is 5.11 Å². The minimum atomic E-state index is -1.67. The third-order valence-corrected chi connectivity index (χ3v) is 3.34. The Morgan fingerprint density at radius 3 is 1.44 bits per heavy atom. The van der Waals surface area contributed by atoms with E-state index in [1.54, 1.807) is 48.5 Å². The van der Waals surface area contributed by atoms with Crippen LogP contribution in [0.25, 0.3) is 0 Å². The first-order chi connectivity index (χ1) is 8.56. The van der Waals surface area contributed by atoms with Crippen LogP contribution in [-0.4, -0.2) is 11.8 Å². The molecule has 0 spiro atoms. The first-order valence-corrected chi connectivity index (χ1v) is 6.12. The number of aliphatic hydroxyl groups is 1. The molecule has 0 radical (unpaired) electrons. The molecule has 0 bridgehead atoms. The molecule has 2 aromatic rings. The zero-order valence-corrected chi connectivity index (χ0v) is 10.9. The number of alkyl halides is 1. The van der Waals surface area contributed by atoms with Crippen molar-refractivity contribution in [2.45, 2.75) is 5.60 Å². The second kappa shape index (κ2) is 5.27. The summed E-state index contributed by atoms with van der Waals surface area (Å²) in [7, 11) is 0. The van der Waals surface area contributed by atoms with Crippen LogP contribution in [0.15, 0.2) is 48.5 Å². The van der Waals surface area contributed by atoms with E-state index in [4.69, 9.17) is 23.2 Å². The minimum Gasteiger partial charge on any atom is -0.378 e. The van der Waals surface area contributed by atoms with Crippen LogP contribution in [-0.2, 0) is 5.60 Å². The molecule has 0 aliphatic heterocycles. The van der Waals surface area contributed by atoms with Crippen molar-refractivity contribution in [1.82, 2.24) is 0 Å². The second-order valence-electron chi connectivity index (χ2n) is 4.01. The van der Waals surface area contributed by atoms with Gasteiger partial charge in [0.15, 0.2) is 0 Å². The van der Waals surface area contributed by atoms with Crippen molar-refractivity contribution in [3.05, 3.63) is 69.7 Å². The van der Waals surface area contributed by atoms with Crippen LogP contribution in [0.2, 0.25) is 10.0 Å². The van der Waals surface area contributed by atoms with Gasteiger partial charge in [0.05, 0.1) is 0 Å². The Labute approximate surface area is 115 Å². The third kappa shape index (κ3) is 2.51. The van der Waals surface area contributed by atoms with Gasteiger partial charge in [0.2, 0.25) is 0 Å². The number of rotatable bonds is 3. The summed E-state index contributed by atoms with van der Waals surface area (Å²) >= 11 is 11.6. The molecular weight excluding hydrogens is 274 g/mol. The lowest BCUT2D eigenvalue weighted by atomic mass is 9.87. The topological polar surface area (TPSA) is 20.2 Å². The van der Waals surface area contributed by atoms with Gasteiger partial charge >= 0.3 is 0 Å². The van der Waals surface area contributed by atoms with Crippen molar-refractivity contribution in [1.29, 1.82) is 0 Å².